The molecule has 0 aliphatic carbocycles. The van der Waals surface area contributed by atoms with Gasteiger partial charge in [0.25, 0.3) is 0 Å². The number of allylic oxidation sites excluding steroid dienone is 1. The molecule has 0 aliphatic heterocycles. The predicted octanol–water partition coefficient (Wildman–Crippen LogP) is 3.33. The Labute approximate surface area is 238 Å². The van der Waals surface area contributed by atoms with Gasteiger partial charge in [0.15, 0.2) is 0 Å². The molecule has 0 heterocycles. The summed E-state index contributed by atoms with van der Waals surface area (Å²) in [7, 11) is 0. The van der Waals surface area contributed by atoms with Crippen LogP contribution in [0.3, 0.4) is 0 Å². The fourth-order valence-corrected chi connectivity index (χ4v) is 4.70. The molecule has 6 N–H and O–H groups in total. The van der Waals surface area contributed by atoms with Crippen LogP contribution in [0, 0.1) is 0 Å². The maximum Gasteiger partial charge on any atom is 0.126 e. The number of benzene rings is 2. The Morgan fingerprint density at radius 3 is 1.82 bits per heavy atom. The van der Waals surface area contributed by atoms with Crippen LogP contribution in [0.25, 0.3) is 0 Å². The first kappa shape index (κ1) is 33.7. The molecule has 8 heteroatoms. The summed E-state index contributed by atoms with van der Waals surface area (Å²) >= 11 is 0. The third kappa shape index (κ3) is 9.58. The summed E-state index contributed by atoms with van der Waals surface area (Å²) in [4.78, 5) is 0. The van der Waals surface area contributed by atoms with Crippen molar-refractivity contribution in [1.29, 1.82) is 0 Å². The van der Waals surface area contributed by atoms with E-state index in [4.69, 9.17) is 9.47 Å². The van der Waals surface area contributed by atoms with Gasteiger partial charge in [0.1, 0.15) is 41.0 Å². The van der Waals surface area contributed by atoms with Crippen LogP contribution >= 0.6 is 0 Å². The van der Waals surface area contributed by atoms with E-state index < -0.39 is 36.1 Å². The van der Waals surface area contributed by atoms with Crippen molar-refractivity contribution in [2.45, 2.75) is 95.2 Å². The Bertz CT molecular complexity index is 1030. The first-order valence-electron chi connectivity index (χ1n) is 14.3. The highest BCUT2D eigenvalue weighted by atomic mass is 16.5. The van der Waals surface area contributed by atoms with Crippen LogP contribution in [0.2, 0.25) is 0 Å². The first-order valence-corrected chi connectivity index (χ1v) is 14.3. The molecule has 0 spiro atoms. The van der Waals surface area contributed by atoms with Gasteiger partial charge in [-0.25, -0.2) is 0 Å². The second-order valence-electron chi connectivity index (χ2n) is 10.5. The van der Waals surface area contributed by atoms with Crippen LogP contribution in [-0.4, -0.2) is 80.0 Å². The number of hydrogen-bond donors (Lipinski definition) is 6. The minimum atomic E-state index is -2.43. The molecule has 0 saturated carbocycles. The monoisotopic (exact) mass is 560 g/mol. The van der Waals surface area contributed by atoms with Crippen molar-refractivity contribution < 1.29 is 40.1 Å². The van der Waals surface area contributed by atoms with Gasteiger partial charge in [0, 0.05) is 12.8 Å². The van der Waals surface area contributed by atoms with Gasteiger partial charge in [0.2, 0.25) is 0 Å². The van der Waals surface area contributed by atoms with Gasteiger partial charge in [-0.05, 0) is 61.6 Å². The Morgan fingerprint density at radius 1 is 0.825 bits per heavy atom. The maximum absolute atomic E-state index is 11.9. The molecule has 0 fully saturated rings. The van der Waals surface area contributed by atoms with Crippen molar-refractivity contribution in [3.63, 3.8) is 0 Å². The van der Waals surface area contributed by atoms with Gasteiger partial charge in [-0.3, -0.25) is 0 Å². The number of hydrogen-bond acceptors (Lipinski definition) is 8. The molecule has 0 radical (unpaired) electrons. The molecule has 2 rings (SSSR count). The number of unbranched alkanes of at least 4 members (excludes halogenated alkanes) is 2. The highest BCUT2D eigenvalue weighted by molar-refractivity contribution is 5.32. The smallest absolute Gasteiger partial charge is 0.126 e. The van der Waals surface area contributed by atoms with Crippen LogP contribution in [-0.2, 0) is 12.8 Å². The zero-order valence-corrected chi connectivity index (χ0v) is 24.1. The lowest BCUT2D eigenvalue weighted by Gasteiger charge is -2.46. The fraction of sp³-hybridized carbons (Fsp3) is 0.562. The van der Waals surface area contributed by atoms with E-state index in [2.05, 4.69) is 13.8 Å². The molecule has 0 bridgehead atoms. The van der Waals surface area contributed by atoms with Crippen LogP contribution in [0.1, 0.15) is 64.0 Å². The fourth-order valence-electron chi connectivity index (χ4n) is 4.70. The van der Waals surface area contributed by atoms with Gasteiger partial charge >= 0.3 is 0 Å². The van der Waals surface area contributed by atoms with Crippen LogP contribution in [0.4, 0.5) is 0 Å². The molecule has 0 aliphatic rings. The molecule has 0 amide bonds. The van der Waals surface area contributed by atoms with Gasteiger partial charge in [0.05, 0.1) is 19.8 Å². The summed E-state index contributed by atoms with van der Waals surface area (Å²) in [6, 6.07) is 14.1. The SMILES string of the molecule is C/C=C/CC(O)(Cc1cccc(OCCCC)c1)[C@@H](O)[C@@](O)(Cc1cccc(OCCCC)c1)[C@H](O)[C@@H](O)CO. The molecule has 8 nitrogen and oxygen atoms in total. The summed E-state index contributed by atoms with van der Waals surface area (Å²) in [5, 5.41) is 66.4. The summed E-state index contributed by atoms with van der Waals surface area (Å²) < 4.78 is 11.6. The van der Waals surface area contributed by atoms with E-state index in [1.807, 2.05) is 6.07 Å². The zero-order chi connectivity index (χ0) is 29.6. The molecule has 0 saturated heterocycles. The van der Waals surface area contributed by atoms with Crippen LogP contribution < -0.4 is 9.47 Å². The summed E-state index contributed by atoms with van der Waals surface area (Å²) in [5.74, 6) is 1.18. The van der Waals surface area contributed by atoms with Crippen molar-refractivity contribution in [2.75, 3.05) is 19.8 Å². The number of aliphatic hydroxyl groups excluding tert-OH is 4. The molecular formula is C32H48O8. The molecule has 40 heavy (non-hydrogen) atoms. The quantitative estimate of drug-likeness (QED) is 0.114. The summed E-state index contributed by atoms with van der Waals surface area (Å²) in [6.07, 6.45) is 1.01. The average molecular weight is 561 g/mol. The zero-order valence-electron chi connectivity index (χ0n) is 24.1. The van der Waals surface area contributed by atoms with E-state index in [0.717, 1.165) is 25.7 Å². The number of aliphatic hydroxyl groups is 6. The van der Waals surface area contributed by atoms with Crippen molar-refractivity contribution in [3.8, 4) is 11.5 Å². The average Bonchev–Trinajstić information content (AvgIpc) is 2.95. The minimum Gasteiger partial charge on any atom is -0.494 e. The molecular weight excluding hydrogens is 512 g/mol. The van der Waals surface area contributed by atoms with Crippen LogP contribution in [0.15, 0.2) is 60.7 Å². The largest absolute Gasteiger partial charge is 0.494 e. The molecule has 2 aromatic rings. The third-order valence-corrected chi connectivity index (χ3v) is 7.08. The second-order valence-corrected chi connectivity index (χ2v) is 10.5. The highest BCUT2D eigenvalue weighted by Gasteiger charge is 2.54. The van der Waals surface area contributed by atoms with Gasteiger partial charge in [-0.2, -0.15) is 0 Å². The second kappa shape index (κ2) is 16.7. The maximum atomic E-state index is 11.9. The summed E-state index contributed by atoms with van der Waals surface area (Å²) in [5.41, 5.74) is -3.21. The first-order chi connectivity index (χ1) is 19.1. The Balaban J connectivity index is 2.45. The molecule has 5 atom stereocenters. The minimum absolute atomic E-state index is 0.0456. The molecule has 224 valence electrons. The van der Waals surface area contributed by atoms with Gasteiger partial charge < -0.3 is 40.1 Å². The van der Waals surface area contributed by atoms with Gasteiger partial charge in [-0.15, -0.1) is 0 Å². The Morgan fingerprint density at radius 2 is 1.35 bits per heavy atom. The standard InChI is InChI=1S/C32H48O8/c1-4-7-16-31(37,21-24-12-10-14-26(19-24)39-17-8-5-2)30(36)32(38,29(35)28(34)23-33)22-25-13-11-15-27(20-25)40-18-9-6-3/h4,7,10-15,19-20,28-30,33-38H,5-6,8-9,16-18,21-23H2,1-3H3/b7-4+/t28-,29+,30+,31?,32+/m0/s1. The predicted molar refractivity (Wildman–Crippen MR) is 156 cm³/mol. The Hall–Kier alpha value is -2.46. The Kier molecular flexibility index (Phi) is 14.1. The van der Waals surface area contributed by atoms with E-state index in [0.29, 0.717) is 35.8 Å². The molecule has 1 unspecified atom stereocenters. The lowest BCUT2D eigenvalue weighted by Crippen LogP contribution is -2.66. The topological polar surface area (TPSA) is 140 Å². The van der Waals surface area contributed by atoms with Crippen LogP contribution in [0.5, 0.6) is 11.5 Å². The highest BCUT2D eigenvalue weighted by Crippen LogP contribution is 2.35. The van der Waals surface area contributed by atoms with Crippen molar-refractivity contribution in [2.24, 2.45) is 0 Å². The third-order valence-electron chi connectivity index (χ3n) is 7.08. The van der Waals surface area contributed by atoms with E-state index in [1.54, 1.807) is 61.5 Å². The van der Waals surface area contributed by atoms with E-state index in [9.17, 15) is 30.6 Å². The lowest BCUT2D eigenvalue weighted by molar-refractivity contribution is -0.228. The lowest BCUT2D eigenvalue weighted by atomic mass is 9.71. The van der Waals surface area contributed by atoms with E-state index in [-0.39, 0.29) is 19.3 Å². The summed E-state index contributed by atoms with van der Waals surface area (Å²) in [6.45, 7) is 6.12. The normalized spacial score (nSPS) is 17.1. The van der Waals surface area contributed by atoms with E-state index in [1.165, 1.54) is 0 Å². The van der Waals surface area contributed by atoms with Gasteiger partial charge in [-0.1, -0.05) is 63.1 Å². The number of ether oxygens (including phenoxy) is 2. The van der Waals surface area contributed by atoms with E-state index >= 15 is 0 Å². The van der Waals surface area contributed by atoms with Crippen molar-refractivity contribution in [1.82, 2.24) is 0 Å². The molecule has 0 aromatic heterocycles. The van der Waals surface area contributed by atoms with Crippen molar-refractivity contribution >= 4 is 0 Å². The molecule has 2 aromatic carbocycles. The number of rotatable bonds is 19. The van der Waals surface area contributed by atoms with Crippen molar-refractivity contribution in [3.05, 3.63) is 71.8 Å².